The van der Waals surface area contributed by atoms with Gasteiger partial charge in [0, 0.05) is 25.0 Å². The number of aryl methyl sites for hydroxylation is 2. The van der Waals surface area contributed by atoms with Crippen molar-refractivity contribution in [2.24, 2.45) is 7.05 Å². The first-order chi connectivity index (χ1) is 11.5. The number of rotatable bonds is 5. The molecule has 7 nitrogen and oxygen atoms in total. The second-order valence-corrected chi connectivity index (χ2v) is 5.87. The van der Waals surface area contributed by atoms with E-state index < -0.39 is 0 Å². The third-order valence-electron chi connectivity index (χ3n) is 4.19. The number of pyridine rings is 1. The minimum Gasteiger partial charge on any atom is -0.414 e. The van der Waals surface area contributed by atoms with Gasteiger partial charge < -0.3 is 8.98 Å². The Morgan fingerprint density at radius 3 is 2.54 bits per heavy atom. The van der Waals surface area contributed by atoms with Crippen LogP contribution in [0.5, 0.6) is 0 Å². The van der Waals surface area contributed by atoms with Gasteiger partial charge in [0.2, 0.25) is 11.4 Å². The van der Waals surface area contributed by atoms with Crippen LogP contribution in [0.3, 0.4) is 0 Å². The first kappa shape index (κ1) is 16.2. The molecule has 7 heteroatoms. The fourth-order valence-electron chi connectivity index (χ4n) is 2.76. The maximum atomic E-state index is 11.5. The standard InChI is InChI=1S/C17H21N5O2/c1-5-13(6-2)22-11(3)9-14(20-22)17-19-18-16(24-17)12-7-8-15(23)21(4)10-12/h7-10,13H,5-6H2,1-4H3. The van der Waals surface area contributed by atoms with E-state index in [-0.39, 0.29) is 5.56 Å². The molecule has 0 unspecified atom stereocenters. The lowest BCUT2D eigenvalue weighted by Crippen LogP contribution is -2.13. The van der Waals surface area contributed by atoms with E-state index in [2.05, 4.69) is 29.1 Å². The molecule has 0 aliphatic carbocycles. The van der Waals surface area contributed by atoms with E-state index in [1.165, 1.54) is 10.6 Å². The smallest absolute Gasteiger partial charge is 0.268 e. The van der Waals surface area contributed by atoms with Crippen LogP contribution in [0.25, 0.3) is 23.0 Å². The van der Waals surface area contributed by atoms with Crippen molar-refractivity contribution >= 4 is 0 Å². The van der Waals surface area contributed by atoms with E-state index in [1.54, 1.807) is 19.3 Å². The van der Waals surface area contributed by atoms with Crippen LogP contribution in [0.2, 0.25) is 0 Å². The van der Waals surface area contributed by atoms with Crippen molar-refractivity contribution in [3.8, 4) is 23.0 Å². The Morgan fingerprint density at radius 1 is 1.17 bits per heavy atom. The van der Waals surface area contributed by atoms with Crippen molar-refractivity contribution in [1.82, 2.24) is 24.5 Å². The van der Waals surface area contributed by atoms with E-state index in [0.717, 1.165) is 18.5 Å². The van der Waals surface area contributed by atoms with Crippen LogP contribution in [-0.2, 0) is 7.05 Å². The minimum atomic E-state index is -0.0852. The molecule has 0 bridgehead atoms. The van der Waals surface area contributed by atoms with Crippen LogP contribution < -0.4 is 5.56 Å². The Morgan fingerprint density at radius 2 is 1.88 bits per heavy atom. The molecule has 3 aromatic heterocycles. The van der Waals surface area contributed by atoms with Crippen molar-refractivity contribution in [2.45, 2.75) is 39.7 Å². The zero-order chi connectivity index (χ0) is 17.3. The summed E-state index contributed by atoms with van der Waals surface area (Å²) >= 11 is 0. The van der Waals surface area contributed by atoms with Crippen molar-refractivity contribution in [3.05, 3.63) is 40.4 Å². The summed E-state index contributed by atoms with van der Waals surface area (Å²) in [4.78, 5) is 11.5. The molecule has 0 saturated carbocycles. The van der Waals surface area contributed by atoms with E-state index in [1.807, 2.05) is 17.7 Å². The van der Waals surface area contributed by atoms with Gasteiger partial charge in [-0.3, -0.25) is 9.48 Å². The summed E-state index contributed by atoms with van der Waals surface area (Å²) in [6.45, 7) is 6.33. The maximum Gasteiger partial charge on any atom is 0.268 e. The molecule has 0 amide bonds. The number of hydrogen-bond acceptors (Lipinski definition) is 5. The van der Waals surface area contributed by atoms with E-state index in [4.69, 9.17) is 4.42 Å². The van der Waals surface area contributed by atoms with Gasteiger partial charge in [-0.05, 0) is 31.9 Å². The molecule has 3 aromatic rings. The van der Waals surface area contributed by atoms with Crippen molar-refractivity contribution in [3.63, 3.8) is 0 Å². The van der Waals surface area contributed by atoms with Crippen molar-refractivity contribution in [1.29, 1.82) is 0 Å². The monoisotopic (exact) mass is 327 g/mol. The highest BCUT2D eigenvalue weighted by Gasteiger charge is 2.17. The van der Waals surface area contributed by atoms with Gasteiger partial charge in [-0.15, -0.1) is 10.2 Å². The van der Waals surface area contributed by atoms with Gasteiger partial charge in [-0.1, -0.05) is 13.8 Å². The van der Waals surface area contributed by atoms with Crippen LogP contribution in [-0.4, -0.2) is 24.5 Å². The van der Waals surface area contributed by atoms with Gasteiger partial charge in [-0.2, -0.15) is 5.10 Å². The quantitative estimate of drug-likeness (QED) is 0.720. The van der Waals surface area contributed by atoms with Gasteiger partial charge in [-0.25, -0.2) is 0 Å². The fraction of sp³-hybridized carbons (Fsp3) is 0.412. The largest absolute Gasteiger partial charge is 0.414 e. The summed E-state index contributed by atoms with van der Waals surface area (Å²) < 4.78 is 9.25. The van der Waals surface area contributed by atoms with Gasteiger partial charge >= 0.3 is 0 Å². The molecule has 0 saturated heterocycles. The lowest BCUT2D eigenvalue weighted by Gasteiger charge is -2.14. The maximum absolute atomic E-state index is 11.5. The predicted molar refractivity (Wildman–Crippen MR) is 90.6 cm³/mol. The Kier molecular flexibility index (Phi) is 4.33. The summed E-state index contributed by atoms with van der Waals surface area (Å²) in [5.74, 6) is 0.752. The van der Waals surface area contributed by atoms with Crippen LogP contribution in [0.1, 0.15) is 38.4 Å². The SMILES string of the molecule is CCC(CC)n1nc(-c2nnc(-c3ccc(=O)n(C)c3)o2)cc1C. The van der Waals surface area contributed by atoms with Gasteiger partial charge in [0.05, 0.1) is 11.6 Å². The Labute approximate surface area is 140 Å². The van der Waals surface area contributed by atoms with E-state index >= 15 is 0 Å². The number of aromatic nitrogens is 5. The second kappa shape index (κ2) is 6.43. The van der Waals surface area contributed by atoms with Crippen LogP contribution in [0.4, 0.5) is 0 Å². The summed E-state index contributed by atoms with van der Waals surface area (Å²) in [6, 6.07) is 5.47. The molecular weight excluding hydrogens is 306 g/mol. The number of hydrogen-bond donors (Lipinski definition) is 0. The molecule has 0 aromatic carbocycles. The van der Waals surface area contributed by atoms with Crippen molar-refractivity contribution < 1.29 is 4.42 Å². The third kappa shape index (κ3) is 2.89. The molecule has 0 radical (unpaired) electrons. The molecule has 0 aliphatic heterocycles. The average Bonchev–Trinajstić information content (AvgIpc) is 3.19. The highest BCUT2D eigenvalue weighted by Crippen LogP contribution is 2.25. The Hall–Kier alpha value is -2.70. The molecule has 126 valence electrons. The van der Waals surface area contributed by atoms with Crippen LogP contribution in [0, 0.1) is 6.92 Å². The molecule has 0 fully saturated rings. The van der Waals surface area contributed by atoms with Gasteiger partial charge in [0.25, 0.3) is 5.89 Å². The summed E-state index contributed by atoms with van der Waals surface area (Å²) in [5, 5.41) is 12.8. The first-order valence-electron chi connectivity index (χ1n) is 8.10. The predicted octanol–water partition coefficient (Wildman–Crippen LogP) is 2.97. The van der Waals surface area contributed by atoms with Crippen molar-refractivity contribution in [2.75, 3.05) is 0 Å². The number of nitrogens with zero attached hydrogens (tertiary/aromatic N) is 5. The van der Waals surface area contributed by atoms with Gasteiger partial charge in [0.15, 0.2) is 0 Å². The lowest BCUT2D eigenvalue weighted by molar-refractivity contribution is 0.420. The summed E-state index contributed by atoms with van der Waals surface area (Å²) in [7, 11) is 1.68. The summed E-state index contributed by atoms with van der Waals surface area (Å²) in [6.07, 6.45) is 3.71. The Balaban J connectivity index is 1.95. The fourth-order valence-corrected chi connectivity index (χ4v) is 2.76. The topological polar surface area (TPSA) is 78.7 Å². The zero-order valence-electron chi connectivity index (χ0n) is 14.4. The van der Waals surface area contributed by atoms with Crippen LogP contribution >= 0.6 is 0 Å². The molecular formula is C17H21N5O2. The normalized spacial score (nSPS) is 11.4. The van der Waals surface area contributed by atoms with Gasteiger partial charge in [0.1, 0.15) is 5.69 Å². The van der Waals surface area contributed by atoms with Crippen LogP contribution in [0.15, 0.2) is 33.6 Å². The molecule has 24 heavy (non-hydrogen) atoms. The summed E-state index contributed by atoms with van der Waals surface area (Å²) in [5.41, 5.74) is 2.36. The highest BCUT2D eigenvalue weighted by atomic mass is 16.4. The first-order valence-corrected chi connectivity index (χ1v) is 8.10. The average molecular weight is 327 g/mol. The zero-order valence-corrected chi connectivity index (χ0v) is 14.4. The molecule has 0 atom stereocenters. The second-order valence-electron chi connectivity index (χ2n) is 5.87. The van der Waals surface area contributed by atoms with E-state index in [0.29, 0.717) is 29.1 Å². The molecule has 3 heterocycles. The Bertz CT molecular complexity index is 902. The minimum absolute atomic E-state index is 0.0852. The molecule has 0 aliphatic rings. The highest BCUT2D eigenvalue weighted by molar-refractivity contribution is 5.54. The molecule has 0 N–H and O–H groups in total. The lowest BCUT2D eigenvalue weighted by atomic mass is 10.2. The molecule has 0 spiro atoms. The third-order valence-corrected chi connectivity index (χ3v) is 4.19. The molecule has 3 rings (SSSR count). The van der Waals surface area contributed by atoms with E-state index in [9.17, 15) is 4.79 Å².